The predicted molar refractivity (Wildman–Crippen MR) is 77.2 cm³/mol. The zero-order valence-corrected chi connectivity index (χ0v) is 12.0. The van der Waals surface area contributed by atoms with Crippen LogP contribution in [0.4, 0.5) is 0 Å². The number of H-pyrrole nitrogens is 1. The number of imidazole rings is 1. The van der Waals surface area contributed by atoms with E-state index in [-0.39, 0.29) is 6.04 Å². The molecule has 0 aliphatic carbocycles. The highest BCUT2D eigenvalue weighted by Crippen LogP contribution is 2.25. The molecule has 0 bridgehead atoms. The largest absolute Gasteiger partial charge is 0.464 e. The standard InChI is InChI=1S/C13H12ClN3OS/c1-7-3-4-11(18-7)8(2)17-12-10(16-13(17)19)5-9(14)6-15-12/h3-6,8H,1-2H3,(H,16,19). The molecule has 3 aromatic heterocycles. The highest BCUT2D eigenvalue weighted by molar-refractivity contribution is 7.71. The second kappa shape index (κ2) is 4.51. The summed E-state index contributed by atoms with van der Waals surface area (Å²) in [5.41, 5.74) is 1.60. The first kappa shape index (κ1) is 12.4. The van der Waals surface area contributed by atoms with Crippen LogP contribution in [0.3, 0.4) is 0 Å². The molecule has 19 heavy (non-hydrogen) atoms. The summed E-state index contributed by atoms with van der Waals surface area (Å²) in [6.45, 7) is 3.94. The van der Waals surface area contributed by atoms with Crippen LogP contribution < -0.4 is 0 Å². The zero-order valence-electron chi connectivity index (χ0n) is 10.5. The molecule has 0 aliphatic heterocycles. The van der Waals surface area contributed by atoms with Crippen molar-refractivity contribution in [2.45, 2.75) is 19.9 Å². The van der Waals surface area contributed by atoms with Crippen LogP contribution in [0.25, 0.3) is 11.2 Å². The van der Waals surface area contributed by atoms with Crippen LogP contribution in [-0.4, -0.2) is 14.5 Å². The topological polar surface area (TPSA) is 46.8 Å². The Labute approximate surface area is 120 Å². The van der Waals surface area contributed by atoms with Crippen LogP contribution in [0, 0.1) is 11.7 Å². The number of fused-ring (bicyclic) bond motifs is 1. The van der Waals surface area contributed by atoms with Crippen molar-refractivity contribution < 1.29 is 4.42 Å². The van der Waals surface area contributed by atoms with E-state index in [9.17, 15) is 0 Å². The minimum absolute atomic E-state index is 0.0244. The van der Waals surface area contributed by atoms with Gasteiger partial charge in [-0.05, 0) is 44.3 Å². The van der Waals surface area contributed by atoms with Crippen molar-refractivity contribution in [1.29, 1.82) is 0 Å². The van der Waals surface area contributed by atoms with Gasteiger partial charge in [0.1, 0.15) is 11.5 Å². The van der Waals surface area contributed by atoms with Gasteiger partial charge in [0.25, 0.3) is 0 Å². The Balaban J connectivity index is 2.19. The molecule has 1 atom stereocenters. The quantitative estimate of drug-likeness (QED) is 0.718. The summed E-state index contributed by atoms with van der Waals surface area (Å²) in [6.07, 6.45) is 1.61. The Morgan fingerprint density at radius 2 is 2.26 bits per heavy atom. The molecule has 3 aromatic rings. The third-order valence-electron chi connectivity index (χ3n) is 3.08. The Hall–Kier alpha value is -1.59. The van der Waals surface area contributed by atoms with Gasteiger partial charge < -0.3 is 9.40 Å². The number of aryl methyl sites for hydroxylation is 1. The molecule has 6 heteroatoms. The van der Waals surface area contributed by atoms with Crippen LogP contribution >= 0.6 is 23.8 Å². The number of rotatable bonds is 2. The van der Waals surface area contributed by atoms with E-state index in [2.05, 4.69) is 9.97 Å². The SMILES string of the molecule is Cc1ccc(C(C)n2c(=S)[nH]c3cc(Cl)cnc32)o1. The second-order valence-electron chi connectivity index (χ2n) is 4.45. The maximum absolute atomic E-state index is 5.94. The van der Waals surface area contributed by atoms with E-state index in [0.717, 1.165) is 22.7 Å². The third-order valence-corrected chi connectivity index (χ3v) is 3.59. The maximum atomic E-state index is 5.94. The number of pyridine rings is 1. The summed E-state index contributed by atoms with van der Waals surface area (Å²) in [4.78, 5) is 7.46. The number of aromatic amines is 1. The van der Waals surface area contributed by atoms with Gasteiger partial charge in [0.15, 0.2) is 10.4 Å². The Bertz CT molecular complexity index is 802. The summed E-state index contributed by atoms with van der Waals surface area (Å²) < 4.78 is 8.19. The van der Waals surface area contributed by atoms with Gasteiger partial charge in [0.05, 0.1) is 16.6 Å². The molecule has 3 rings (SSSR count). The highest BCUT2D eigenvalue weighted by Gasteiger charge is 2.16. The summed E-state index contributed by atoms with van der Waals surface area (Å²) in [7, 11) is 0. The first-order valence-electron chi connectivity index (χ1n) is 5.88. The summed E-state index contributed by atoms with van der Waals surface area (Å²) in [5, 5.41) is 0.581. The summed E-state index contributed by atoms with van der Waals surface area (Å²) >= 11 is 11.3. The summed E-state index contributed by atoms with van der Waals surface area (Å²) in [5.74, 6) is 1.73. The van der Waals surface area contributed by atoms with E-state index < -0.39 is 0 Å². The van der Waals surface area contributed by atoms with Gasteiger partial charge in [0.2, 0.25) is 0 Å². The number of halogens is 1. The Morgan fingerprint density at radius 3 is 2.95 bits per heavy atom. The number of nitrogens with zero attached hydrogens (tertiary/aromatic N) is 2. The fourth-order valence-electron chi connectivity index (χ4n) is 2.15. The average molecular weight is 294 g/mol. The van der Waals surface area contributed by atoms with E-state index in [4.69, 9.17) is 28.2 Å². The molecule has 0 saturated carbocycles. The number of hydrogen-bond acceptors (Lipinski definition) is 3. The molecule has 4 nitrogen and oxygen atoms in total. The van der Waals surface area contributed by atoms with Gasteiger partial charge >= 0.3 is 0 Å². The molecule has 0 saturated heterocycles. The molecule has 3 heterocycles. The van der Waals surface area contributed by atoms with Crippen molar-refractivity contribution in [3.63, 3.8) is 0 Å². The molecule has 0 radical (unpaired) electrons. The fraction of sp³-hybridized carbons (Fsp3) is 0.231. The minimum atomic E-state index is -0.0244. The molecule has 0 aromatic carbocycles. The van der Waals surface area contributed by atoms with E-state index in [1.807, 2.05) is 36.6 Å². The van der Waals surface area contributed by atoms with Crippen LogP contribution in [0.5, 0.6) is 0 Å². The van der Waals surface area contributed by atoms with Gasteiger partial charge in [-0.2, -0.15) is 0 Å². The van der Waals surface area contributed by atoms with Crippen molar-refractivity contribution >= 4 is 35.0 Å². The molecule has 0 spiro atoms. The Morgan fingerprint density at radius 1 is 1.47 bits per heavy atom. The number of nitrogens with one attached hydrogen (secondary N) is 1. The lowest BCUT2D eigenvalue weighted by atomic mass is 10.2. The lowest BCUT2D eigenvalue weighted by Gasteiger charge is -2.11. The van der Waals surface area contributed by atoms with Gasteiger partial charge in [-0.3, -0.25) is 4.57 Å². The molecule has 0 amide bonds. The molecule has 0 fully saturated rings. The monoisotopic (exact) mass is 293 g/mol. The van der Waals surface area contributed by atoms with Gasteiger partial charge in [-0.15, -0.1) is 0 Å². The number of aromatic nitrogens is 3. The smallest absolute Gasteiger partial charge is 0.179 e. The van der Waals surface area contributed by atoms with Crippen LogP contribution in [0.1, 0.15) is 24.5 Å². The molecule has 0 aliphatic rings. The predicted octanol–water partition coefficient (Wildman–Crippen LogP) is 4.26. The van der Waals surface area contributed by atoms with Crippen molar-refractivity contribution in [2.75, 3.05) is 0 Å². The lowest BCUT2D eigenvalue weighted by molar-refractivity contribution is 0.430. The minimum Gasteiger partial charge on any atom is -0.464 e. The highest BCUT2D eigenvalue weighted by atomic mass is 35.5. The Kier molecular flexibility index (Phi) is 2.95. The zero-order chi connectivity index (χ0) is 13.6. The molecular weight excluding hydrogens is 282 g/mol. The van der Waals surface area contributed by atoms with Gasteiger partial charge in [-0.25, -0.2) is 4.98 Å². The second-order valence-corrected chi connectivity index (χ2v) is 5.27. The fourth-order valence-corrected chi connectivity index (χ4v) is 2.66. The third kappa shape index (κ3) is 2.09. The number of hydrogen-bond donors (Lipinski definition) is 1. The molecule has 1 N–H and O–H groups in total. The van der Waals surface area contributed by atoms with Crippen molar-refractivity contribution in [1.82, 2.24) is 14.5 Å². The molecular formula is C13H12ClN3OS. The lowest BCUT2D eigenvalue weighted by Crippen LogP contribution is -2.06. The normalized spacial score (nSPS) is 13.0. The van der Waals surface area contributed by atoms with Crippen LogP contribution in [0.15, 0.2) is 28.8 Å². The summed E-state index contributed by atoms with van der Waals surface area (Å²) in [6, 6.07) is 5.69. The number of furan rings is 1. The maximum Gasteiger partial charge on any atom is 0.179 e. The average Bonchev–Trinajstić information content (AvgIpc) is 2.91. The van der Waals surface area contributed by atoms with E-state index in [1.54, 1.807) is 6.20 Å². The van der Waals surface area contributed by atoms with Gasteiger partial charge in [-0.1, -0.05) is 11.6 Å². The van der Waals surface area contributed by atoms with Crippen molar-refractivity contribution in [3.8, 4) is 0 Å². The molecule has 98 valence electrons. The van der Waals surface area contributed by atoms with Crippen molar-refractivity contribution in [3.05, 3.63) is 45.7 Å². The van der Waals surface area contributed by atoms with E-state index in [0.29, 0.717) is 9.79 Å². The van der Waals surface area contributed by atoms with Crippen LogP contribution in [0.2, 0.25) is 5.02 Å². The molecule has 1 unspecified atom stereocenters. The van der Waals surface area contributed by atoms with Crippen molar-refractivity contribution in [2.24, 2.45) is 0 Å². The van der Waals surface area contributed by atoms with E-state index in [1.165, 1.54) is 0 Å². The van der Waals surface area contributed by atoms with Crippen LogP contribution in [-0.2, 0) is 0 Å². The first-order chi connectivity index (χ1) is 9.06. The first-order valence-corrected chi connectivity index (χ1v) is 6.67. The van der Waals surface area contributed by atoms with Gasteiger partial charge in [0, 0.05) is 6.20 Å². The van der Waals surface area contributed by atoms with E-state index >= 15 is 0 Å².